The summed E-state index contributed by atoms with van der Waals surface area (Å²) in [5, 5.41) is 5.72. The van der Waals surface area contributed by atoms with Crippen molar-refractivity contribution in [1.29, 1.82) is 0 Å². The average Bonchev–Trinajstić information content (AvgIpc) is 3.37. The summed E-state index contributed by atoms with van der Waals surface area (Å²) in [5.74, 6) is -1.14. The molecule has 0 amide bonds. The van der Waals surface area contributed by atoms with Gasteiger partial charge in [0, 0.05) is 17.7 Å². The second-order valence-electron chi connectivity index (χ2n) is 9.26. The monoisotopic (exact) mass is 580 g/mol. The smallest absolute Gasteiger partial charge is 0.347 e. The second-order valence-corrected chi connectivity index (χ2v) is 10.1. The standard InChI is InChI=1S/C31H30Cl2N2O5/c1-5-39-30(36)20(3)40-31(37)26(21-8-6-7-19(2)15-21)17-24-18-29(22-9-14-27(32)28(33)16-22)34-35(24)23-10-12-25(38-4)13-11-23/h6-16,18,20,26H,5,17H2,1-4H3. The zero-order chi connectivity index (χ0) is 28.8. The molecule has 2 unspecified atom stereocenters. The fraction of sp³-hybridized carbons (Fsp3) is 0.258. The molecule has 0 saturated carbocycles. The van der Waals surface area contributed by atoms with Gasteiger partial charge in [0.1, 0.15) is 5.75 Å². The first-order valence-corrected chi connectivity index (χ1v) is 13.6. The third-order valence-electron chi connectivity index (χ3n) is 6.37. The molecular weight excluding hydrogens is 551 g/mol. The molecule has 9 heteroatoms. The van der Waals surface area contributed by atoms with Crippen molar-refractivity contribution in [2.75, 3.05) is 13.7 Å². The molecule has 0 spiro atoms. The second kappa shape index (κ2) is 13.0. The van der Waals surface area contributed by atoms with Crippen LogP contribution in [0.4, 0.5) is 0 Å². The molecule has 1 aromatic heterocycles. The van der Waals surface area contributed by atoms with E-state index in [-0.39, 0.29) is 13.0 Å². The van der Waals surface area contributed by atoms with Crippen molar-refractivity contribution >= 4 is 35.1 Å². The molecule has 4 rings (SSSR count). The van der Waals surface area contributed by atoms with Gasteiger partial charge in [-0.25, -0.2) is 9.48 Å². The number of nitrogens with zero attached hydrogens (tertiary/aromatic N) is 2. The zero-order valence-corrected chi connectivity index (χ0v) is 24.2. The predicted molar refractivity (Wildman–Crippen MR) is 155 cm³/mol. The van der Waals surface area contributed by atoms with E-state index in [0.717, 1.165) is 28.1 Å². The predicted octanol–water partition coefficient (Wildman–Crippen LogP) is 6.98. The van der Waals surface area contributed by atoms with Crippen LogP contribution in [0, 0.1) is 6.92 Å². The lowest BCUT2D eigenvalue weighted by molar-refractivity contribution is -0.167. The van der Waals surface area contributed by atoms with E-state index in [4.69, 9.17) is 42.5 Å². The molecule has 0 aliphatic heterocycles. The number of aryl methyl sites for hydroxylation is 1. The van der Waals surface area contributed by atoms with Crippen LogP contribution >= 0.6 is 23.2 Å². The first-order chi connectivity index (χ1) is 19.2. The molecule has 40 heavy (non-hydrogen) atoms. The van der Waals surface area contributed by atoms with E-state index in [1.807, 2.05) is 67.6 Å². The van der Waals surface area contributed by atoms with Crippen LogP contribution in [0.2, 0.25) is 10.0 Å². The third kappa shape index (κ3) is 6.84. The Bertz CT molecular complexity index is 1500. The summed E-state index contributed by atoms with van der Waals surface area (Å²) in [6.45, 7) is 5.36. The molecule has 0 radical (unpaired) electrons. The summed E-state index contributed by atoms with van der Waals surface area (Å²) in [6.07, 6.45) is -0.795. The molecular formula is C31H30Cl2N2O5. The van der Waals surface area contributed by atoms with E-state index >= 15 is 0 Å². The van der Waals surface area contributed by atoms with E-state index in [2.05, 4.69) is 0 Å². The van der Waals surface area contributed by atoms with E-state index in [0.29, 0.717) is 21.5 Å². The molecule has 2 atom stereocenters. The van der Waals surface area contributed by atoms with Gasteiger partial charge in [-0.15, -0.1) is 0 Å². The molecule has 7 nitrogen and oxygen atoms in total. The maximum Gasteiger partial charge on any atom is 0.347 e. The molecule has 0 aliphatic carbocycles. The highest BCUT2D eigenvalue weighted by Gasteiger charge is 2.29. The molecule has 3 aromatic carbocycles. The zero-order valence-electron chi connectivity index (χ0n) is 22.7. The van der Waals surface area contributed by atoms with Gasteiger partial charge in [0.2, 0.25) is 0 Å². The molecule has 4 aromatic rings. The SMILES string of the molecule is CCOC(=O)C(C)OC(=O)C(Cc1cc(-c2ccc(Cl)c(Cl)c2)nn1-c1ccc(OC)cc1)c1cccc(C)c1. The van der Waals surface area contributed by atoms with Gasteiger partial charge in [0.15, 0.2) is 6.10 Å². The van der Waals surface area contributed by atoms with Crippen molar-refractivity contribution in [3.05, 3.63) is 99.7 Å². The minimum atomic E-state index is -1.04. The highest BCUT2D eigenvalue weighted by Crippen LogP contribution is 2.32. The van der Waals surface area contributed by atoms with Crippen LogP contribution in [0.15, 0.2) is 72.8 Å². The summed E-state index contributed by atoms with van der Waals surface area (Å²) >= 11 is 12.4. The first kappa shape index (κ1) is 29.2. The minimum Gasteiger partial charge on any atom is -0.497 e. The van der Waals surface area contributed by atoms with Crippen molar-refractivity contribution in [3.63, 3.8) is 0 Å². The number of methoxy groups -OCH3 is 1. The van der Waals surface area contributed by atoms with Crippen LogP contribution in [-0.2, 0) is 25.5 Å². The van der Waals surface area contributed by atoms with Crippen LogP contribution < -0.4 is 4.74 Å². The van der Waals surface area contributed by atoms with Gasteiger partial charge >= 0.3 is 11.9 Å². The lowest BCUT2D eigenvalue weighted by Gasteiger charge is -2.20. The van der Waals surface area contributed by atoms with E-state index in [1.165, 1.54) is 6.92 Å². The van der Waals surface area contributed by atoms with Crippen molar-refractivity contribution in [1.82, 2.24) is 9.78 Å². The molecule has 0 N–H and O–H groups in total. The van der Waals surface area contributed by atoms with Gasteiger partial charge in [-0.3, -0.25) is 4.79 Å². The molecule has 208 valence electrons. The molecule has 0 fully saturated rings. The van der Waals surface area contributed by atoms with Gasteiger partial charge < -0.3 is 14.2 Å². The van der Waals surface area contributed by atoms with Gasteiger partial charge in [-0.1, -0.05) is 59.1 Å². The fourth-order valence-corrected chi connectivity index (χ4v) is 4.60. The highest BCUT2D eigenvalue weighted by molar-refractivity contribution is 6.42. The Balaban J connectivity index is 1.78. The summed E-state index contributed by atoms with van der Waals surface area (Å²) in [6, 6.07) is 22.3. The fourth-order valence-electron chi connectivity index (χ4n) is 4.31. The number of hydrogen-bond acceptors (Lipinski definition) is 6. The Kier molecular flexibility index (Phi) is 9.50. The number of aromatic nitrogens is 2. The van der Waals surface area contributed by atoms with Crippen molar-refractivity contribution < 1.29 is 23.8 Å². The number of halogens is 2. The Morgan fingerprint density at radius 1 is 0.950 bits per heavy atom. The van der Waals surface area contributed by atoms with Gasteiger partial charge in [-0.05, 0) is 68.8 Å². The lowest BCUT2D eigenvalue weighted by atomic mass is 9.92. The van der Waals surface area contributed by atoms with Gasteiger partial charge in [0.25, 0.3) is 0 Å². The lowest BCUT2D eigenvalue weighted by Crippen LogP contribution is -2.30. The molecule has 0 aliphatic rings. The van der Waals surface area contributed by atoms with E-state index in [1.54, 1.807) is 30.8 Å². The third-order valence-corrected chi connectivity index (χ3v) is 7.11. The van der Waals surface area contributed by atoms with Crippen molar-refractivity contribution in [2.24, 2.45) is 0 Å². The van der Waals surface area contributed by atoms with E-state index in [9.17, 15) is 9.59 Å². The molecule has 1 heterocycles. The van der Waals surface area contributed by atoms with Crippen LogP contribution in [0.5, 0.6) is 5.75 Å². The highest BCUT2D eigenvalue weighted by atomic mass is 35.5. The molecule has 0 saturated heterocycles. The van der Waals surface area contributed by atoms with Gasteiger partial charge in [-0.2, -0.15) is 5.10 Å². The van der Waals surface area contributed by atoms with Crippen molar-refractivity contribution in [3.8, 4) is 22.7 Å². The normalized spacial score (nSPS) is 12.4. The summed E-state index contributed by atoms with van der Waals surface area (Å²) in [5.41, 5.74) is 4.71. The van der Waals surface area contributed by atoms with Gasteiger partial charge in [0.05, 0.1) is 41.1 Å². The number of hydrogen-bond donors (Lipinski definition) is 0. The number of rotatable bonds is 10. The van der Waals surface area contributed by atoms with Crippen molar-refractivity contribution in [2.45, 2.75) is 39.2 Å². The Labute approximate surface area is 243 Å². The Morgan fingerprint density at radius 3 is 2.35 bits per heavy atom. The Hall–Kier alpha value is -3.81. The van der Waals surface area contributed by atoms with Crippen LogP contribution in [-0.4, -0.2) is 41.5 Å². The summed E-state index contributed by atoms with van der Waals surface area (Å²) < 4.78 is 17.7. The minimum absolute atomic E-state index is 0.195. The quantitative estimate of drug-likeness (QED) is 0.188. The first-order valence-electron chi connectivity index (χ1n) is 12.8. The maximum absolute atomic E-state index is 13.6. The summed E-state index contributed by atoms with van der Waals surface area (Å²) in [7, 11) is 1.60. The molecule has 0 bridgehead atoms. The number of ether oxygens (including phenoxy) is 3. The largest absolute Gasteiger partial charge is 0.497 e. The topological polar surface area (TPSA) is 79.7 Å². The average molecular weight is 581 g/mol. The Morgan fingerprint density at radius 2 is 1.70 bits per heavy atom. The van der Waals surface area contributed by atoms with E-state index < -0.39 is 24.0 Å². The number of esters is 2. The maximum atomic E-state index is 13.6. The van der Waals surface area contributed by atoms with Crippen LogP contribution in [0.25, 0.3) is 16.9 Å². The van der Waals surface area contributed by atoms with Crippen LogP contribution in [0.1, 0.15) is 36.6 Å². The number of carbonyl (C=O) groups is 2. The number of carbonyl (C=O) groups excluding carboxylic acids is 2. The van der Waals surface area contributed by atoms with Crippen LogP contribution in [0.3, 0.4) is 0 Å². The number of benzene rings is 3. The summed E-state index contributed by atoms with van der Waals surface area (Å²) in [4.78, 5) is 25.8.